The molecular formula is C19H20N4O3. The summed E-state index contributed by atoms with van der Waals surface area (Å²) >= 11 is 0. The average molecular weight is 352 g/mol. The van der Waals surface area contributed by atoms with Crippen LogP contribution in [0, 0.1) is 6.92 Å². The Kier molecular flexibility index (Phi) is 5.48. The van der Waals surface area contributed by atoms with Crippen molar-refractivity contribution in [1.29, 1.82) is 0 Å². The summed E-state index contributed by atoms with van der Waals surface area (Å²) in [5, 5.41) is 9.62. The Bertz CT molecular complexity index is 883. The van der Waals surface area contributed by atoms with Crippen LogP contribution < -0.4 is 10.6 Å². The minimum atomic E-state index is -0.331. The topological polar surface area (TPSA) is 89.2 Å². The van der Waals surface area contributed by atoms with E-state index in [2.05, 4.69) is 15.7 Å². The van der Waals surface area contributed by atoms with Gasteiger partial charge in [0, 0.05) is 18.3 Å². The fraction of sp³-hybridized carbons (Fsp3) is 0.211. The molecule has 0 saturated heterocycles. The third kappa shape index (κ3) is 4.60. The van der Waals surface area contributed by atoms with Crippen molar-refractivity contribution in [3.05, 3.63) is 77.5 Å². The Hall–Kier alpha value is -3.35. The molecule has 3 rings (SSSR count). The molecule has 7 heteroatoms. The number of aryl methyl sites for hydroxylation is 1. The first-order valence-electron chi connectivity index (χ1n) is 8.26. The van der Waals surface area contributed by atoms with E-state index in [1.165, 1.54) is 6.26 Å². The molecule has 0 atom stereocenters. The second-order valence-corrected chi connectivity index (χ2v) is 5.88. The number of nitrogens with one attached hydrogen (secondary N) is 2. The highest BCUT2D eigenvalue weighted by atomic mass is 16.3. The van der Waals surface area contributed by atoms with E-state index in [1.54, 1.807) is 19.2 Å². The standard InChI is InChI=1S/C19H20N4O3/c1-14-17(7-8-26-14)19(25)21-11-18(24)20-9-16-10-22-23(13-16)12-15-5-3-2-4-6-15/h2-8,10,13H,9,11-12H2,1H3,(H,20,24)(H,21,25). The normalized spacial score (nSPS) is 10.5. The first-order chi connectivity index (χ1) is 12.6. The van der Waals surface area contributed by atoms with E-state index in [4.69, 9.17) is 4.42 Å². The maximum atomic E-state index is 11.9. The Morgan fingerprint density at radius 1 is 1.12 bits per heavy atom. The van der Waals surface area contributed by atoms with Crippen LogP contribution in [0.2, 0.25) is 0 Å². The van der Waals surface area contributed by atoms with Gasteiger partial charge in [-0.3, -0.25) is 14.3 Å². The molecule has 0 aliphatic carbocycles. The predicted molar refractivity (Wildman–Crippen MR) is 95.4 cm³/mol. The van der Waals surface area contributed by atoms with Gasteiger partial charge in [0.2, 0.25) is 5.91 Å². The molecule has 26 heavy (non-hydrogen) atoms. The summed E-state index contributed by atoms with van der Waals surface area (Å²) in [5.41, 5.74) is 2.48. The summed E-state index contributed by atoms with van der Waals surface area (Å²) in [7, 11) is 0. The van der Waals surface area contributed by atoms with Crippen LogP contribution in [0.3, 0.4) is 0 Å². The number of carbonyl (C=O) groups is 2. The van der Waals surface area contributed by atoms with Crippen LogP contribution in [0.15, 0.2) is 59.5 Å². The van der Waals surface area contributed by atoms with Crippen molar-refractivity contribution in [3.8, 4) is 0 Å². The van der Waals surface area contributed by atoms with E-state index >= 15 is 0 Å². The highest BCUT2D eigenvalue weighted by Gasteiger charge is 2.12. The van der Waals surface area contributed by atoms with Gasteiger partial charge < -0.3 is 15.1 Å². The molecule has 3 aromatic rings. The highest BCUT2D eigenvalue weighted by Crippen LogP contribution is 2.08. The SMILES string of the molecule is Cc1occc1C(=O)NCC(=O)NCc1cnn(Cc2ccccc2)c1. The molecular weight excluding hydrogens is 332 g/mol. The minimum absolute atomic E-state index is 0.0956. The minimum Gasteiger partial charge on any atom is -0.469 e. The number of rotatable bonds is 7. The van der Waals surface area contributed by atoms with Gasteiger partial charge in [0.1, 0.15) is 5.76 Å². The van der Waals surface area contributed by atoms with Crippen LogP contribution in [0.4, 0.5) is 0 Å². The van der Waals surface area contributed by atoms with Gasteiger partial charge in [0.25, 0.3) is 5.91 Å². The Morgan fingerprint density at radius 3 is 2.65 bits per heavy atom. The average Bonchev–Trinajstić information content (AvgIpc) is 3.27. The zero-order valence-corrected chi connectivity index (χ0v) is 14.4. The molecule has 0 spiro atoms. The molecule has 0 bridgehead atoms. The van der Waals surface area contributed by atoms with Crippen molar-refractivity contribution in [1.82, 2.24) is 20.4 Å². The lowest BCUT2D eigenvalue weighted by atomic mass is 10.2. The zero-order chi connectivity index (χ0) is 18.4. The number of nitrogens with zero attached hydrogens (tertiary/aromatic N) is 2. The van der Waals surface area contributed by atoms with E-state index in [1.807, 2.05) is 41.2 Å². The first-order valence-corrected chi connectivity index (χ1v) is 8.26. The molecule has 2 amide bonds. The van der Waals surface area contributed by atoms with E-state index in [9.17, 15) is 9.59 Å². The number of carbonyl (C=O) groups excluding carboxylic acids is 2. The lowest BCUT2D eigenvalue weighted by molar-refractivity contribution is -0.120. The van der Waals surface area contributed by atoms with Crippen molar-refractivity contribution in [2.45, 2.75) is 20.0 Å². The second kappa shape index (κ2) is 8.15. The van der Waals surface area contributed by atoms with Gasteiger partial charge in [0.05, 0.1) is 31.1 Å². The van der Waals surface area contributed by atoms with Crippen molar-refractivity contribution in [2.75, 3.05) is 6.54 Å². The molecule has 7 nitrogen and oxygen atoms in total. The second-order valence-electron chi connectivity index (χ2n) is 5.88. The number of furan rings is 1. The van der Waals surface area contributed by atoms with E-state index in [0.29, 0.717) is 24.4 Å². The summed E-state index contributed by atoms with van der Waals surface area (Å²) < 4.78 is 6.89. The van der Waals surface area contributed by atoms with Crippen molar-refractivity contribution in [3.63, 3.8) is 0 Å². The fourth-order valence-corrected chi connectivity index (χ4v) is 2.49. The van der Waals surface area contributed by atoms with E-state index in [-0.39, 0.29) is 18.4 Å². The molecule has 134 valence electrons. The molecule has 1 aromatic carbocycles. The summed E-state index contributed by atoms with van der Waals surface area (Å²) in [6.45, 7) is 2.63. The van der Waals surface area contributed by atoms with Gasteiger partial charge in [-0.05, 0) is 18.6 Å². The maximum absolute atomic E-state index is 11.9. The highest BCUT2D eigenvalue weighted by molar-refractivity contribution is 5.97. The molecule has 0 fully saturated rings. The number of hydrogen-bond acceptors (Lipinski definition) is 4. The van der Waals surface area contributed by atoms with E-state index < -0.39 is 0 Å². The molecule has 0 aliphatic heterocycles. The molecule has 2 heterocycles. The van der Waals surface area contributed by atoms with Crippen LogP contribution in [0.25, 0.3) is 0 Å². The monoisotopic (exact) mass is 352 g/mol. The van der Waals surface area contributed by atoms with Crippen LogP contribution in [0.5, 0.6) is 0 Å². The van der Waals surface area contributed by atoms with Crippen LogP contribution >= 0.6 is 0 Å². The Morgan fingerprint density at radius 2 is 1.92 bits per heavy atom. The first kappa shape index (κ1) is 17.5. The van der Waals surface area contributed by atoms with Crippen LogP contribution in [-0.2, 0) is 17.9 Å². The molecule has 0 unspecified atom stereocenters. The molecule has 0 saturated carbocycles. The van der Waals surface area contributed by atoms with Gasteiger partial charge in [-0.2, -0.15) is 5.10 Å². The fourth-order valence-electron chi connectivity index (χ4n) is 2.49. The van der Waals surface area contributed by atoms with Gasteiger partial charge in [0.15, 0.2) is 0 Å². The summed E-state index contributed by atoms with van der Waals surface area (Å²) in [6, 6.07) is 11.6. The van der Waals surface area contributed by atoms with E-state index in [0.717, 1.165) is 11.1 Å². The van der Waals surface area contributed by atoms with Crippen molar-refractivity contribution >= 4 is 11.8 Å². The largest absolute Gasteiger partial charge is 0.469 e. The van der Waals surface area contributed by atoms with Gasteiger partial charge >= 0.3 is 0 Å². The molecule has 2 N–H and O–H groups in total. The summed E-state index contributed by atoms with van der Waals surface area (Å²) in [6.07, 6.45) is 5.05. The lowest BCUT2D eigenvalue weighted by Gasteiger charge is -2.05. The number of amides is 2. The zero-order valence-electron chi connectivity index (χ0n) is 14.4. The quantitative estimate of drug-likeness (QED) is 0.679. The molecule has 0 aliphatic rings. The number of benzene rings is 1. The van der Waals surface area contributed by atoms with Gasteiger partial charge in [-0.25, -0.2) is 0 Å². The Labute approximate surface area is 151 Å². The third-order valence-corrected chi connectivity index (χ3v) is 3.88. The number of aromatic nitrogens is 2. The third-order valence-electron chi connectivity index (χ3n) is 3.88. The van der Waals surface area contributed by atoms with Crippen LogP contribution in [0.1, 0.15) is 27.2 Å². The smallest absolute Gasteiger partial charge is 0.255 e. The maximum Gasteiger partial charge on any atom is 0.255 e. The van der Waals surface area contributed by atoms with Crippen molar-refractivity contribution < 1.29 is 14.0 Å². The molecule has 2 aromatic heterocycles. The number of hydrogen-bond donors (Lipinski definition) is 2. The summed E-state index contributed by atoms with van der Waals surface area (Å²) in [4.78, 5) is 23.8. The van der Waals surface area contributed by atoms with Gasteiger partial charge in [-0.15, -0.1) is 0 Å². The lowest BCUT2D eigenvalue weighted by Crippen LogP contribution is -2.36. The predicted octanol–water partition coefficient (Wildman–Crippen LogP) is 1.88. The Balaban J connectivity index is 1.43. The molecule has 0 radical (unpaired) electrons. The summed E-state index contributed by atoms with van der Waals surface area (Å²) in [5.74, 6) is -0.0777. The van der Waals surface area contributed by atoms with Gasteiger partial charge in [-0.1, -0.05) is 30.3 Å². The van der Waals surface area contributed by atoms with Crippen molar-refractivity contribution in [2.24, 2.45) is 0 Å². The van der Waals surface area contributed by atoms with Crippen LogP contribution in [-0.4, -0.2) is 28.1 Å².